The summed E-state index contributed by atoms with van der Waals surface area (Å²) < 4.78 is 12.0. The van der Waals surface area contributed by atoms with Crippen molar-refractivity contribution in [2.45, 2.75) is 6.61 Å². The molecule has 7 nitrogen and oxygen atoms in total. The minimum absolute atomic E-state index is 0.253. The van der Waals surface area contributed by atoms with Crippen molar-refractivity contribution >= 4 is 61.6 Å². The zero-order chi connectivity index (χ0) is 25.1. The maximum Gasteiger partial charge on any atom is 0.294 e. The number of hydrogen-bond acceptors (Lipinski definition) is 6. The highest BCUT2D eigenvalue weighted by atomic mass is 79.9. The lowest BCUT2D eigenvalue weighted by molar-refractivity contribution is -0.139. The highest BCUT2D eigenvalue weighted by Gasteiger charge is 2.37. The number of rotatable bonds is 6. The minimum Gasteiger partial charge on any atom is -0.488 e. The molecule has 3 aromatic carbocycles. The number of carbonyl (C=O) groups is 3. The first-order valence-corrected chi connectivity index (χ1v) is 13.1. The van der Waals surface area contributed by atoms with Crippen molar-refractivity contribution in [3.63, 3.8) is 0 Å². The Morgan fingerprint density at radius 1 is 1.06 bits per heavy atom. The van der Waals surface area contributed by atoms with Crippen molar-refractivity contribution in [2.24, 2.45) is 0 Å². The number of carbonyl (C=O) groups excluding carboxylic acids is 3. The Hall–Kier alpha value is -3.14. The lowest BCUT2D eigenvalue weighted by Crippen LogP contribution is -2.46. The summed E-state index contributed by atoms with van der Waals surface area (Å²) in [6.07, 6.45) is 1.66. The van der Waals surface area contributed by atoms with E-state index in [4.69, 9.17) is 9.47 Å². The first kappa shape index (κ1) is 24.5. The van der Waals surface area contributed by atoms with Gasteiger partial charge in [-0.2, -0.15) is 0 Å². The normalized spacial score (nSPS) is 17.3. The molecule has 2 aliphatic rings. The highest BCUT2D eigenvalue weighted by molar-refractivity contribution is 9.10. The van der Waals surface area contributed by atoms with Crippen LogP contribution in [0.5, 0.6) is 5.75 Å². The predicted octanol–water partition coefficient (Wildman–Crippen LogP) is 5.08. The molecule has 0 atom stereocenters. The van der Waals surface area contributed by atoms with Gasteiger partial charge in [-0.15, -0.1) is 0 Å². The van der Waals surface area contributed by atoms with Gasteiger partial charge < -0.3 is 14.4 Å². The van der Waals surface area contributed by atoms with Crippen molar-refractivity contribution in [3.05, 3.63) is 81.2 Å². The average molecular weight is 567 g/mol. The lowest BCUT2D eigenvalue weighted by atomic mass is 10.1. The summed E-state index contributed by atoms with van der Waals surface area (Å²) in [5.74, 6) is -0.0411. The van der Waals surface area contributed by atoms with Gasteiger partial charge in [0.1, 0.15) is 18.9 Å². The van der Waals surface area contributed by atoms with Crippen molar-refractivity contribution in [2.75, 3.05) is 32.8 Å². The molecule has 36 heavy (non-hydrogen) atoms. The van der Waals surface area contributed by atoms with Crippen LogP contribution in [0.2, 0.25) is 0 Å². The number of ether oxygens (including phenoxy) is 2. The molecule has 3 amide bonds. The van der Waals surface area contributed by atoms with Gasteiger partial charge in [0.15, 0.2) is 0 Å². The van der Waals surface area contributed by atoms with E-state index in [0.717, 1.165) is 43.0 Å². The Bertz CT molecular complexity index is 1360. The maximum atomic E-state index is 12.8. The van der Waals surface area contributed by atoms with Crippen LogP contribution >= 0.6 is 27.7 Å². The van der Waals surface area contributed by atoms with Crippen molar-refractivity contribution in [3.8, 4) is 5.75 Å². The second kappa shape index (κ2) is 10.9. The van der Waals surface area contributed by atoms with Crippen LogP contribution in [-0.2, 0) is 20.9 Å². The molecule has 5 rings (SSSR count). The minimum atomic E-state index is -0.459. The van der Waals surface area contributed by atoms with Gasteiger partial charge in [0, 0.05) is 13.1 Å². The SMILES string of the molecule is O=C(CN1C(=O)S/C(=C/c2ccc(OCc3cccc4ccccc34)c(Br)c2)C1=O)N1CCOCC1. The van der Waals surface area contributed by atoms with Gasteiger partial charge in [0.25, 0.3) is 11.1 Å². The molecule has 2 heterocycles. The van der Waals surface area contributed by atoms with Crippen LogP contribution < -0.4 is 4.74 Å². The van der Waals surface area contributed by atoms with Gasteiger partial charge in [-0.3, -0.25) is 19.3 Å². The van der Waals surface area contributed by atoms with E-state index in [1.807, 2.05) is 42.5 Å². The summed E-state index contributed by atoms with van der Waals surface area (Å²) in [6.45, 7) is 2.01. The number of thioether (sulfide) groups is 1. The van der Waals surface area contributed by atoms with Crippen molar-refractivity contribution in [1.82, 2.24) is 9.80 Å². The van der Waals surface area contributed by atoms with E-state index in [2.05, 4.69) is 34.1 Å². The molecule has 184 valence electrons. The fourth-order valence-corrected chi connectivity index (χ4v) is 5.48. The van der Waals surface area contributed by atoms with Crippen LogP contribution in [0.25, 0.3) is 16.8 Å². The van der Waals surface area contributed by atoms with Crippen LogP contribution in [0.1, 0.15) is 11.1 Å². The molecule has 2 aliphatic heterocycles. The standard InChI is InChI=1S/C27H23BrN2O5S/c28-22-14-18(8-9-23(22)35-17-20-6-3-5-19-4-1-2-7-21(19)20)15-24-26(32)30(27(33)36-24)16-25(31)29-10-12-34-13-11-29/h1-9,14-15H,10-13,16-17H2/b24-15+. The summed E-state index contributed by atoms with van der Waals surface area (Å²) in [6, 6.07) is 19.8. The Labute approximate surface area is 221 Å². The number of imide groups is 1. The molecule has 0 aliphatic carbocycles. The summed E-state index contributed by atoms with van der Waals surface area (Å²) in [5.41, 5.74) is 1.83. The van der Waals surface area contributed by atoms with Crippen LogP contribution in [0, 0.1) is 0 Å². The van der Waals surface area contributed by atoms with Gasteiger partial charge in [0.2, 0.25) is 5.91 Å². The van der Waals surface area contributed by atoms with Gasteiger partial charge in [0.05, 0.1) is 22.6 Å². The molecule has 2 fully saturated rings. The molecule has 0 bridgehead atoms. The fraction of sp³-hybridized carbons (Fsp3) is 0.222. The first-order valence-electron chi connectivity index (χ1n) is 11.5. The van der Waals surface area contributed by atoms with Crippen LogP contribution in [0.3, 0.4) is 0 Å². The fourth-order valence-electron chi connectivity index (χ4n) is 4.13. The van der Waals surface area contributed by atoms with Gasteiger partial charge >= 0.3 is 0 Å². The van der Waals surface area contributed by atoms with Gasteiger partial charge in [-0.1, -0.05) is 48.5 Å². The molecule has 0 unspecified atom stereocenters. The third-order valence-corrected chi connectivity index (χ3v) is 7.57. The Morgan fingerprint density at radius 2 is 1.83 bits per heavy atom. The topological polar surface area (TPSA) is 76.2 Å². The number of hydrogen-bond donors (Lipinski definition) is 0. The van der Waals surface area contributed by atoms with Crippen LogP contribution in [0.15, 0.2) is 70.0 Å². The van der Waals surface area contributed by atoms with E-state index in [0.29, 0.717) is 38.7 Å². The number of halogens is 1. The zero-order valence-corrected chi connectivity index (χ0v) is 21.7. The largest absolute Gasteiger partial charge is 0.488 e. The third kappa shape index (κ3) is 5.33. The molecule has 0 N–H and O–H groups in total. The molecule has 9 heteroatoms. The van der Waals surface area contributed by atoms with Gasteiger partial charge in [-0.05, 0) is 67.8 Å². The first-order chi connectivity index (χ1) is 17.5. The van der Waals surface area contributed by atoms with Crippen LogP contribution in [0.4, 0.5) is 4.79 Å². The molecule has 0 aromatic heterocycles. The molecule has 0 radical (unpaired) electrons. The molecular formula is C27H23BrN2O5S. The van der Waals surface area contributed by atoms with E-state index in [9.17, 15) is 14.4 Å². The summed E-state index contributed by atoms with van der Waals surface area (Å²) in [5, 5.41) is 1.87. The molecule has 0 spiro atoms. The highest BCUT2D eigenvalue weighted by Crippen LogP contribution is 2.34. The Balaban J connectivity index is 1.25. The lowest BCUT2D eigenvalue weighted by Gasteiger charge is -2.28. The number of nitrogens with zero attached hydrogens (tertiary/aromatic N) is 2. The Morgan fingerprint density at radius 3 is 2.64 bits per heavy atom. The molecule has 0 saturated carbocycles. The number of fused-ring (bicyclic) bond motifs is 1. The van der Waals surface area contributed by atoms with Gasteiger partial charge in [-0.25, -0.2) is 0 Å². The Kier molecular flexibility index (Phi) is 7.41. The van der Waals surface area contributed by atoms with E-state index in [-0.39, 0.29) is 17.4 Å². The smallest absolute Gasteiger partial charge is 0.294 e. The average Bonchev–Trinajstić information content (AvgIpc) is 3.16. The van der Waals surface area contributed by atoms with E-state index in [1.165, 1.54) is 0 Å². The van der Waals surface area contributed by atoms with Crippen molar-refractivity contribution in [1.29, 1.82) is 0 Å². The number of benzene rings is 3. The monoisotopic (exact) mass is 566 g/mol. The van der Waals surface area contributed by atoms with E-state index < -0.39 is 11.1 Å². The zero-order valence-electron chi connectivity index (χ0n) is 19.3. The van der Waals surface area contributed by atoms with Crippen LogP contribution in [-0.4, -0.2) is 59.7 Å². The maximum absolute atomic E-state index is 12.8. The van der Waals surface area contributed by atoms with E-state index in [1.54, 1.807) is 11.0 Å². The van der Waals surface area contributed by atoms with Crippen molar-refractivity contribution < 1.29 is 23.9 Å². The molecule has 3 aromatic rings. The second-order valence-electron chi connectivity index (χ2n) is 8.38. The number of amides is 3. The summed E-state index contributed by atoms with van der Waals surface area (Å²) in [4.78, 5) is 40.7. The predicted molar refractivity (Wildman–Crippen MR) is 142 cm³/mol. The number of morpholine rings is 1. The summed E-state index contributed by atoms with van der Waals surface area (Å²) in [7, 11) is 0. The summed E-state index contributed by atoms with van der Waals surface area (Å²) >= 11 is 4.39. The van der Waals surface area contributed by atoms with E-state index >= 15 is 0 Å². The third-order valence-electron chi connectivity index (χ3n) is 6.05. The second-order valence-corrected chi connectivity index (χ2v) is 10.2. The molecular weight excluding hydrogens is 544 g/mol. The molecule has 2 saturated heterocycles. The quantitative estimate of drug-likeness (QED) is 0.387.